The van der Waals surface area contributed by atoms with Crippen LogP contribution in [0.5, 0.6) is 11.5 Å². The van der Waals surface area contributed by atoms with Crippen molar-refractivity contribution >= 4 is 28.7 Å². The molecule has 190 valence electrons. The van der Waals surface area contributed by atoms with E-state index in [1.54, 1.807) is 26.2 Å². The zero-order valence-electron chi connectivity index (χ0n) is 21.2. The van der Waals surface area contributed by atoms with Crippen LogP contribution in [0.2, 0.25) is 0 Å². The number of hydrogen-bond acceptors (Lipinski definition) is 8. The number of thioether (sulfide) groups is 1. The maximum Gasteiger partial charge on any atom is 0.254 e. The van der Waals surface area contributed by atoms with Crippen LogP contribution in [-0.4, -0.2) is 74.4 Å². The second-order valence-corrected chi connectivity index (χ2v) is 8.83. The Bertz CT molecular complexity index is 1050. The van der Waals surface area contributed by atoms with Crippen molar-refractivity contribution in [1.82, 2.24) is 15.1 Å². The summed E-state index contributed by atoms with van der Waals surface area (Å²) in [7, 11) is 4.79. The molecule has 1 atom stereocenters. The molecule has 2 aliphatic heterocycles. The van der Waals surface area contributed by atoms with Gasteiger partial charge >= 0.3 is 0 Å². The van der Waals surface area contributed by atoms with Gasteiger partial charge in [-0.2, -0.15) is 0 Å². The summed E-state index contributed by atoms with van der Waals surface area (Å²) < 4.78 is 16.2. The molecule has 35 heavy (non-hydrogen) atoms. The molecule has 0 aromatic heterocycles. The first-order valence-electron chi connectivity index (χ1n) is 11.6. The molecule has 0 spiro atoms. The summed E-state index contributed by atoms with van der Waals surface area (Å²) in [5.74, 6) is 1.04. The van der Waals surface area contributed by atoms with Crippen LogP contribution in [0.4, 0.5) is 0 Å². The number of allylic oxidation sites excluding steroid dienone is 1. The molecule has 3 rings (SSSR count). The van der Waals surface area contributed by atoms with Crippen molar-refractivity contribution in [3.63, 3.8) is 0 Å². The van der Waals surface area contributed by atoms with Crippen molar-refractivity contribution in [1.29, 1.82) is 0 Å². The number of benzene rings is 1. The number of ether oxygens (including phenoxy) is 3. The second-order valence-electron chi connectivity index (χ2n) is 8.00. The minimum absolute atomic E-state index is 0.0917. The monoisotopic (exact) mass is 502 g/mol. The van der Waals surface area contributed by atoms with E-state index < -0.39 is 6.04 Å². The molecule has 0 bridgehead atoms. The van der Waals surface area contributed by atoms with Crippen LogP contribution in [0.1, 0.15) is 38.8 Å². The van der Waals surface area contributed by atoms with E-state index in [1.165, 1.54) is 11.8 Å². The first-order chi connectivity index (χ1) is 16.9. The highest BCUT2D eigenvalue weighted by Crippen LogP contribution is 2.47. The Morgan fingerprint density at radius 2 is 1.91 bits per heavy atom. The van der Waals surface area contributed by atoms with Gasteiger partial charge in [-0.05, 0) is 44.4 Å². The summed E-state index contributed by atoms with van der Waals surface area (Å²) in [5.41, 5.74) is 2.73. The summed E-state index contributed by atoms with van der Waals surface area (Å²) in [6, 6.07) is 5.00. The van der Waals surface area contributed by atoms with Crippen LogP contribution >= 0.6 is 11.8 Å². The molecular formula is C25H34N4O5S. The molecule has 1 unspecified atom stereocenters. The number of fused-ring (bicyclic) bond motifs is 1. The van der Waals surface area contributed by atoms with E-state index in [9.17, 15) is 9.59 Å². The minimum Gasteiger partial charge on any atom is -0.497 e. The summed E-state index contributed by atoms with van der Waals surface area (Å²) in [6.07, 6.45) is 0.143. The van der Waals surface area contributed by atoms with Crippen LogP contribution in [0.15, 0.2) is 45.6 Å². The molecular weight excluding hydrogens is 468 g/mol. The lowest BCUT2D eigenvalue weighted by Gasteiger charge is -2.38. The molecule has 2 aliphatic rings. The number of nitrogens with zero attached hydrogens (tertiary/aromatic N) is 3. The lowest BCUT2D eigenvalue weighted by Crippen LogP contribution is -2.42. The normalized spacial score (nSPS) is 17.0. The fourth-order valence-electron chi connectivity index (χ4n) is 4.19. The third-order valence-electron chi connectivity index (χ3n) is 5.98. The Morgan fingerprint density at radius 3 is 2.54 bits per heavy atom. The zero-order chi connectivity index (χ0) is 25.5. The highest BCUT2D eigenvalue weighted by atomic mass is 32.2. The van der Waals surface area contributed by atoms with Gasteiger partial charge in [0.05, 0.1) is 44.6 Å². The predicted octanol–water partition coefficient (Wildman–Crippen LogP) is 3.30. The Kier molecular flexibility index (Phi) is 9.22. The van der Waals surface area contributed by atoms with Gasteiger partial charge in [0, 0.05) is 38.0 Å². The van der Waals surface area contributed by atoms with Gasteiger partial charge in [-0.1, -0.05) is 11.8 Å². The smallest absolute Gasteiger partial charge is 0.254 e. The molecule has 0 aliphatic carbocycles. The number of nitrogens with one attached hydrogen (secondary N) is 1. The number of likely N-dealkylation sites (N-methyl/N-ethyl adjacent to an activating group) is 1. The van der Waals surface area contributed by atoms with Crippen molar-refractivity contribution in [2.75, 3.05) is 47.6 Å². The lowest BCUT2D eigenvalue weighted by molar-refractivity contribution is -0.127. The van der Waals surface area contributed by atoms with E-state index >= 15 is 0 Å². The van der Waals surface area contributed by atoms with Gasteiger partial charge in [0.15, 0.2) is 5.17 Å². The quantitative estimate of drug-likeness (QED) is 0.464. The highest BCUT2D eigenvalue weighted by Gasteiger charge is 2.42. The summed E-state index contributed by atoms with van der Waals surface area (Å²) in [5, 5.41) is 5.51. The van der Waals surface area contributed by atoms with Crippen LogP contribution in [-0.2, 0) is 14.3 Å². The van der Waals surface area contributed by atoms with E-state index in [0.717, 1.165) is 11.3 Å². The molecule has 0 radical (unpaired) electrons. The van der Waals surface area contributed by atoms with Crippen LogP contribution in [0.3, 0.4) is 0 Å². The largest absolute Gasteiger partial charge is 0.497 e. The van der Waals surface area contributed by atoms with E-state index in [0.29, 0.717) is 54.2 Å². The van der Waals surface area contributed by atoms with E-state index in [4.69, 9.17) is 19.2 Å². The Hall–Kier alpha value is -2.98. The molecule has 0 saturated carbocycles. The maximum atomic E-state index is 13.8. The number of amidine groups is 1. The van der Waals surface area contributed by atoms with Crippen LogP contribution in [0.25, 0.3) is 0 Å². The van der Waals surface area contributed by atoms with E-state index in [1.807, 2.05) is 49.3 Å². The van der Waals surface area contributed by atoms with E-state index in [2.05, 4.69) is 5.32 Å². The zero-order valence-corrected chi connectivity index (χ0v) is 22.0. The van der Waals surface area contributed by atoms with Gasteiger partial charge in [0.2, 0.25) is 5.91 Å². The average Bonchev–Trinajstić information content (AvgIpc) is 3.25. The van der Waals surface area contributed by atoms with Crippen molar-refractivity contribution < 1.29 is 23.8 Å². The van der Waals surface area contributed by atoms with Crippen molar-refractivity contribution in [3.8, 4) is 11.5 Å². The molecule has 10 heteroatoms. The van der Waals surface area contributed by atoms with E-state index in [-0.39, 0.29) is 18.2 Å². The fraction of sp³-hybridized carbons (Fsp3) is 0.480. The fourth-order valence-corrected chi connectivity index (χ4v) is 5.16. The molecule has 0 saturated heterocycles. The van der Waals surface area contributed by atoms with Crippen LogP contribution < -0.4 is 14.8 Å². The van der Waals surface area contributed by atoms with Gasteiger partial charge < -0.3 is 29.3 Å². The van der Waals surface area contributed by atoms with Gasteiger partial charge in [0.25, 0.3) is 5.91 Å². The second kappa shape index (κ2) is 12.1. The molecule has 1 N–H and O–H groups in total. The number of rotatable bonds is 11. The first kappa shape index (κ1) is 26.6. The first-order valence-corrected chi connectivity index (χ1v) is 12.5. The average molecular weight is 503 g/mol. The highest BCUT2D eigenvalue weighted by molar-refractivity contribution is 8.16. The number of methoxy groups -OCH3 is 3. The Morgan fingerprint density at radius 1 is 1.17 bits per heavy atom. The molecule has 1 aromatic rings. The Labute approximate surface area is 211 Å². The topological polar surface area (TPSA) is 92.7 Å². The lowest BCUT2D eigenvalue weighted by atomic mass is 9.91. The molecule has 1 aromatic carbocycles. The third-order valence-corrected chi connectivity index (χ3v) is 6.87. The number of amides is 2. The van der Waals surface area contributed by atoms with Crippen molar-refractivity contribution in [2.24, 2.45) is 4.99 Å². The summed E-state index contributed by atoms with van der Waals surface area (Å²) >= 11 is 1.44. The Balaban J connectivity index is 2.11. The molecule has 2 amide bonds. The molecule has 2 heterocycles. The maximum absolute atomic E-state index is 13.8. The number of hydrogen-bond donors (Lipinski definition) is 1. The predicted molar refractivity (Wildman–Crippen MR) is 137 cm³/mol. The minimum atomic E-state index is -0.534. The molecule has 0 fully saturated rings. The van der Waals surface area contributed by atoms with Gasteiger partial charge in [-0.3, -0.25) is 9.59 Å². The van der Waals surface area contributed by atoms with Crippen LogP contribution in [0, 0.1) is 0 Å². The van der Waals surface area contributed by atoms with Gasteiger partial charge in [-0.15, -0.1) is 0 Å². The summed E-state index contributed by atoms with van der Waals surface area (Å²) in [6.45, 7) is 7.78. The molecule has 9 nitrogen and oxygen atoms in total. The standard InChI is InChI=1S/C25H34N4O5S/c1-7-28(8-2)24(31)22-16(3)27-25-29(17(15-35-25)13-21(30)26-11-12-32-4)23(22)19-14-18(33-5)9-10-20(19)34-6/h9-10,14-15,23H,7-8,11-13H2,1-6H3,(H,26,30). The summed E-state index contributed by atoms with van der Waals surface area (Å²) in [4.78, 5) is 35.0. The number of carbonyl (C=O) groups is 2. The number of carbonyl (C=O) groups excluding carboxylic acids is 2. The SMILES string of the molecule is CCN(CC)C(=O)C1=C(C)N=C2SC=C(CC(=O)NCCOC)N2C1c1cc(OC)ccc1OC. The third kappa shape index (κ3) is 5.65. The van der Waals surface area contributed by atoms with Gasteiger partial charge in [-0.25, -0.2) is 4.99 Å². The van der Waals surface area contributed by atoms with Crippen molar-refractivity contribution in [3.05, 3.63) is 46.1 Å². The number of aliphatic imine (C=N–C) groups is 1. The van der Waals surface area contributed by atoms with Crippen molar-refractivity contribution in [2.45, 2.75) is 33.2 Å². The van der Waals surface area contributed by atoms with Gasteiger partial charge in [0.1, 0.15) is 11.5 Å².